The molecule has 73 heavy (non-hydrogen) atoms. The van der Waals surface area contributed by atoms with Gasteiger partial charge >= 0.3 is 0 Å². The molecule has 0 saturated carbocycles. The fourth-order valence-electron chi connectivity index (χ4n) is 6.26. The molecule has 3 rings (SSSR count). The zero-order chi connectivity index (χ0) is 58.1. The third kappa shape index (κ3) is 66.6. The number of aliphatic imine (C=N–C) groups is 1. The maximum atomic E-state index is 10.9. The Labute approximate surface area is 445 Å². The number of Topliss-reactive ketones (excluding diaryl/α,β-unsaturated/α-hetero) is 3. The molecule has 3 heterocycles. The minimum atomic E-state index is -2.79. The monoisotopic (exact) mass is 1080 g/mol. The maximum Gasteiger partial charge on any atom is 0.286 e. The summed E-state index contributed by atoms with van der Waals surface area (Å²) in [5, 5.41) is 39.6. The Kier molecular flexibility index (Phi) is 36.1. The number of nitrogens with zero attached hydrogens (tertiary/aromatic N) is 11. The molecule has 0 fully saturated rings. The third-order valence-corrected chi connectivity index (χ3v) is 10.4. The second kappa shape index (κ2) is 33.6. The second-order valence-corrected chi connectivity index (χ2v) is 31.6. The van der Waals surface area contributed by atoms with Crippen molar-refractivity contribution in [1.29, 1.82) is 0 Å². The summed E-state index contributed by atoms with van der Waals surface area (Å²) in [5.74, 6) is 6.13. The van der Waals surface area contributed by atoms with Gasteiger partial charge in [0.25, 0.3) is 6.92 Å². The van der Waals surface area contributed by atoms with E-state index in [0.29, 0.717) is 25.1 Å². The van der Waals surface area contributed by atoms with E-state index in [4.69, 9.17) is 14.5 Å². The highest BCUT2D eigenvalue weighted by atomic mass is 32.2. The van der Waals surface area contributed by atoms with Gasteiger partial charge in [-0.15, -0.1) is 20.4 Å². The normalized spacial score (nSPS) is 14.2. The fourth-order valence-corrected chi connectivity index (χ4v) is 9.37. The van der Waals surface area contributed by atoms with Crippen LogP contribution in [0.25, 0.3) is 0 Å². The largest absolute Gasteiger partial charge is 0.451 e. The first-order valence-electron chi connectivity index (χ1n) is 24.5. The van der Waals surface area contributed by atoms with Crippen LogP contribution < -0.4 is 0 Å². The lowest BCUT2D eigenvalue weighted by Gasteiger charge is -2.19. The molecule has 0 bridgehead atoms. The summed E-state index contributed by atoms with van der Waals surface area (Å²) in [7, 11) is -5.57. The van der Waals surface area contributed by atoms with Gasteiger partial charge in [-0.3, -0.25) is 14.2 Å². The van der Waals surface area contributed by atoms with Gasteiger partial charge in [0, 0.05) is 44.3 Å². The lowest BCUT2D eigenvalue weighted by Crippen LogP contribution is -2.19. The van der Waals surface area contributed by atoms with E-state index in [1.807, 2.05) is 48.4 Å². The maximum absolute atomic E-state index is 10.9. The Morgan fingerprint density at radius 1 is 0.685 bits per heavy atom. The van der Waals surface area contributed by atoms with Crippen molar-refractivity contribution in [2.75, 3.05) is 25.2 Å². The molecule has 3 N–H and O–H groups in total. The van der Waals surface area contributed by atoms with Gasteiger partial charge in [-0.25, -0.2) is 13.9 Å². The molecule has 2 aromatic heterocycles. The van der Waals surface area contributed by atoms with Crippen molar-refractivity contribution in [3.8, 4) is 0 Å². The highest BCUT2D eigenvalue weighted by Crippen LogP contribution is 2.41. The summed E-state index contributed by atoms with van der Waals surface area (Å²) in [6, 6.07) is 0. The molecule has 19 nitrogen and oxygen atoms in total. The lowest BCUT2D eigenvalue weighted by molar-refractivity contribution is -0.119. The molecule has 0 amide bonds. The minimum Gasteiger partial charge on any atom is -0.451 e. The summed E-state index contributed by atoms with van der Waals surface area (Å²) in [5.41, 5.74) is 0.863. The molecule has 0 saturated heterocycles. The van der Waals surface area contributed by atoms with Crippen LogP contribution in [0.5, 0.6) is 0 Å². The van der Waals surface area contributed by atoms with Gasteiger partial charge in [0.1, 0.15) is 24.7 Å². The number of azo groups is 1. The van der Waals surface area contributed by atoms with Crippen molar-refractivity contribution >= 4 is 53.1 Å². The van der Waals surface area contributed by atoms with Crippen LogP contribution in [0.3, 0.4) is 0 Å². The number of ketones is 3. The summed E-state index contributed by atoms with van der Waals surface area (Å²) < 4.78 is 31.8. The number of amidine groups is 1. The Hall–Kier alpha value is -3.39. The smallest absolute Gasteiger partial charge is 0.286 e. The highest BCUT2D eigenvalue weighted by Gasteiger charge is 2.22. The molecule has 0 spiro atoms. The quantitative estimate of drug-likeness (QED) is 0.107. The number of carbonyl (C=O) groups excluding carboxylic acids is 3. The average molecular weight is 1080 g/mol. The van der Waals surface area contributed by atoms with E-state index >= 15 is 0 Å². The summed E-state index contributed by atoms with van der Waals surface area (Å²) in [6.07, 6.45) is 4.44. The van der Waals surface area contributed by atoms with Crippen LogP contribution in [0.2, 0.25) is 13.1 Å². The molecule has 0 aliphatic carbocycles. The van der Waals surface area contributed by atoms with Gasteiger partial charge in [-0.2, -0.15) is 9.91 Å². The van der Waals surface area contributed by atoms with Gasteiger partial charge < -0.3 is 19.3 Å². The Balaban J connectivity index is -0.000000249. The van der Waals surface area contributed by atoms with Crippen molar-refractivity contribution in [3.05, 3.63) is 11.6 Å². The number of tetrazole rings is 2. The van der Waals surface area contributed by atoms with Crippen molar-refractivity contribution in [3.63, 3.8) is 0 Å². The summed E-state index contributed by atoms with van der Waals surface area (Å²) >= 11 is 0. The Morgan fingerprint density at radius 3 is 1.40 bits per heavy atom. The van der Waals surface area contributed by atoms with Crippen LogP contribution in [-0.2, 0) is 54.7 Å². The predicted molar refractivity (Wildman–Crippen MR) is 306 cm³/mol. The molecule has 2 unspecified atom stereocenters. The van der Waals surface area contributed by atoms with E-state index in [-0.39, 0.29) is 88.4 Å². The van der Waals surface area contributed by atoms with E-state index in [2.05, 4.69) is 156 Å². The zero-order valence-corrected chi connectivity index (χ0v) is 51.7. The van der Waals surface area contributed by atoms with Crippen LogP contribution >= 0.6 is 7.37 Å². The van der Waals surface area contributed by atoms with Gasteiger partial charge in [-0.1, -0.05) is 160 Å². The van der Waals surface area contributed by atoms with Crippen LogP contribution in [0, 0.1) is 37.9 Å². The predicted octanol–water partition coefficient (Wildman–Crippen LogP) is 11.4. The number of aromatic nitrogens is 8. The van der Waals surface area contributed by atoms with E-state index in [9.17, 15) is 23.2 Å². The van der Waals surface area contributed by atoms with E-state index in [1.54, 1.807) is 11.6 Å². The first kappa shape index (κ1) is 78.5. The number of rotatable bonds is 11. The molecule has 1 aliphatic heterocycles. The van der Waals surface area contributed by atoms with Gasteiger partial charge in [0.05, 0.1) is 9.80 Å². The fraction of sp³-hybridized carbons (Fsp3) is 0.863. The second-order valence-electron chi connectivity index (χ2n) is 27.4. The van der Waals surface area contributed by atoms with Gasteiger partial charge in [0.15, 0.2) is 37.3 Å². The number of carbonyl (C=O) groups is 3. The van der Waals surface area contributed by atoms with E-state index < -0.39 is 17.2 Å². The molecule has 22 heteroatoms. The molecule has 428 valence electrons. The number of hydrogen-bond acceptors (Lipinski definition) is 15. The molecule has 2 atom stereocenters. The van der Waals surface area contributed by atoms with Crippen molar-refractivity contribution < 1.29 is 37.6 Å². The molecular weight excluding hydrogens is 968 g/mol. The number of hydrogen-bond donors (Lipinski definition) is 3. The van der Waals surface area contributed by atoms with Crippen molar-refractivity contribution in [1.82, 2.24) is 40.4 Å². The Morgan fingerprint density at radius 2 is 1.15 bits per heavy atom. The molecule has 0 aromatic carbocycles. The highest BCUT2D eigenvalue weighted by molar-refractivity contribution is 7.95. The molecule has 0 radical (unpaired) electrons. The van der Waals surface area contributed by atoms with Crippen LogP contribution in [0.15, 0.2) is 15.2 Å². The first-order valence-corrected chi connectivity index (χ1v) is 28.7. The standard InChI is InChI=1S/2C9H16N4O.C7H13N3.C7H14O.C6H15BO.C6H15O2P.C6H14O2S.CH4/c1-7(14)6-13-8(10-11-12-13)5-9(2,3)4;1-7(14)6-13-11-8(10-12-13)5-9(2,3)4;1-7(2,3)4-6-8-5-9-10-6;1-6(8)5-7(2,3)4;1-6(2,3)5-7(4)8;2*1-6(2,3)5-9(4,7)8;/h2*5-6H2,1-4H3;4-5H2,1-3H3;5H2,1-4H3;8H,5H2,1-4H3;5H2,1-4H3,(H,7,8);4-5H2,1-3H3,(H,7,8);1H4. The zero-order valence-electron chi connectivity index (χ0n) is 50.0. The van der Waals surface area contributed by atoms with E-state index in [1.165, 1.54) is 25.3 Å². The molecule has 1 aliphatic rings. The molecular formula is C51H107BN11O8PS. The summed E-state index contributed by atoms with van der Waals surface area (Å²) in [4.78, 5) is 46.5. The van der Waals surface area contributed by atoms with Crippen LogP contribution in [0.4, 0.5) is 0 Å². The lowest BCUT2D eigenvalue weighted by atomic mass is 9.60. The molecule has 2 aromatic rings. The topological polar surface area (TPSA) is 270 Å². The SMILES string of the molecule is C.C=S(=O)(O)CC(C)(C)C.CB(O)CC(C)(C)C.CC(=O)CC(C)(C)C.CC(=O)Cn1nnc(CC(C)(C)C)n1.CC(=O)Cn1nnnc1CC(C)(C)C.CC(C)(C)CC1=NCN=N1.CC(C)(C)CP(C)(=O)O. The van der Waals surface area contributed by atoms with E-state index in [0.717, 1.165) is 37.2 Å². The van der Waals surface area contributed by atoms with Crippen molar-refractivity contribution in [2.45, 2.75) is 226 Å². The Bertz CT molecular complexity index is 2100. The van der Waals surface area contributed by atoms with Crippen molar-refractivity contribution in [2.24, 2.45) is 53.1 Å². The summed E-state index contributed by atoms with van der Waals surface area (Å²) in [6.45, 7) is 52.1. The minimum absolute atomic E-state index is 0. The first-order chi connectivity index (χ1) is 31.6. The van der Waals surface area contributed by atoms with Crippen LogP contribution in [-0.4, -0.2) is 120 Å². The van der Waals surface area contributed by atoms with Crippen LogP contribution in [0.1, 0.15) is 198 Å². The third-order valence-electron chi connectivity index (χ3n) is 7.52. The van der Waals surface area contributed by atoms with Gasteiger partial charge in [0.2, 0.25) is 0 Å². The van der Waals surface area contributed by atoms with Gasteiger partial charge in [-0.05, 0) is 86.5 Å². The average Bonchev–Trinajstić information content (AvgIpc) is 3.78.